The fourth-order valence-electron chi connectivity index (χ4n) is 2.98. The molecule has 0 aromatic carbocycles. The number of hydrogen-bond acceptors (Lipinski definition) is 2. The van der Waals surface area contributed by atoms with E-state index >= 15 is 0 Å². The van der Waals surface area contributed by atoms with Crippen molar-refractivity contribution in [3.63, 3.8) is 0 Å². The van der Waals surface area contributed by atoms with Crippen molar-refractivity contribution in [3.8, 4) is 0 Å². The number of nitrogens with zero attached hydrogens (tertiary/aromatic N) is 1. The van der Waals surface area contributed by atoms with Crippen molar-refractivity contribution in [3.05, 3.63) is 0 Å². The second-order valence-electron chi connectivity index (χ2n) is 4.82. The summed E-state index contributed by atoms with van der Waals surface area (Å²) in [6.07, 6.45) is 5.26. The third kappa shape index (κ3) is 1.92. The molecule has 2 atom stereocenters. The van der Waals surface area contributed by atoms with Crippen LogP contribution >= 0.6 is 0 Å². The van der Waals surface area contributed by atoms with Crippen molar-refractivity contribution in [2.45, 2.75) is 44.7 Å². The van der Waals surface area contributed by atoms with E-state index in [2.05, 4.69) is 17.3 Å². The molecule has 2 unspecified atom stereocenters. The van der Waals surface area contributed by atoms with E-state index in [-0.39, 0.29) is 5.91 Å². The Balaban J connectivity index is 1.84. The van der Waals surface area contributed by atoms with Crippen LogP contribution in [0.4, 0.5) is 0 Å². The van der Waals surface area contributed by atoms with Gasteiger partial charge < -0.3 is 10.2 Å². The van der Waals surface area contributed by atoms with Crippen LogP contribution in [0.25, 0.3) is 0 Å². The zero-order chi connectivity index (χ0) is 10.1. The molecule has 0 aliphatic carbocycles. The van der Waals surface area contributed by atoms with Gasteiger partial charge in [0.05, 0.1) is 0 Å². The SMILES string of the molecule is CC(=O)NCC1CC2CCC(C1)N2C. The minimum Gasteiger partial charge on any atom is -0.356 e. The third-order valence-electron chi connectivity index (χ3n) is 3.84. The highest BCUT2D eigenvalue weighted by molar-refractivity contribution is 5.72. The minimum atomic E-state index is 0.108. The minimum absolute atomic E-state index is 0.108. The summed E-state index contributed by atoms with van der Waals surface area (Å²) in [5, 5.41) is 2.94. The molecular formula is C11H20N2O. The average molecular weight is 196 g/mol. The van der Waals surface area contributed by atoms with Gasteiger partial charge in [-0.2, -0.15) is 0 Å². The average Bonchev–Trinajstić information content (AvgIpc) is 2.41. The van der Waals surface area contributed by atoms with Gasteiger partial charge in [0, 0.05) is 25.6 Å². The molecule has 0 radical (unpaired) electrons. The second kappa shape index (κ2) is 3.89. The summed E-state index contributed by atoms with van der Waals surface area (Å²) in [6, 6.07) is 1.57. The third-order valence-corrected chi connectivity index (χ3v) is 3.84. The van der Waals surface area contributed by atoms with Gasteiger partial charge in [0.25, 0.3) is 0 Å². The Morgan fingerprint density at radius 3 is 2.43 bits per heavy atom. The van der Waals surface area contributed by atoms with Crippen LogP contribution in [0.1, 0.15) is 32.6 Å². The van der Waals surface area contributed by atoms with E-state index in [0.717, 1.165) is 18.6 Å². The number of hydrogen-bond donors (Lipinski definition) is 1. The van der Waals surface area contributed by atoms with E-state index in [9.17, 15) is 4.79 Å². The molecule has 3 nitrogen and oxygen atoms in total. The summed E-state index contributed by atoms with van der Waals surface area (Å²) in [4.78, 5) is 13.3. The van der Waals surface area contributed by atoms with Crippen LogP contribution in [-0.2, 0) is 4.79 Å². The summed E-state index contributed by atoms with van der Waals surface area (Å²) < 4.78 is 0. The number of carbonyl (C=O) groups is 1. The fraction of sp³-hybridized carbons (Fsp3) is 0.909. The zero-order valence-electron chi connectivity index (χ0n) is 9.12. The van der Waals surface area contributed by atoms with E-state index in [1.54, 1.807) is 6.92 Å². The van der Waals surface area contributed by atoms with E-state index in [1.165, 1.54) is 25.7 Å². The van der Waals surface area contributed by atoms with Gasteiger partial charge in [-0.1, -0.05) is 0 Å². The maximum absolute atomic E-state index is 10.8. The van der Waals surface area contributed by atoms with Crippen molar-refractivity contribution in [1.82, 2.24) is 10.2 Å². The summed E-state index contributed by atoms with van der Waals surface area (Å²) in [6.45, 7) is 2.49. The Kier molecular flexibility index (Phi) is 2.77. The van der Waals surface area contributed by atoms with E-state index in [0.29, 0.717) is 5.92 Å². The van der Waals surface area contributed by atoms with Crippen molar-refractivity contribution in [2.24, 2.45) is 5.92 Å². The molecule has 14 heavy (non-hydrogen) atoms. The van der Waals surface area contributed by atoms with Crippen molar-refractivity contribution in [1.29, 1.82) is 0 Å². The van der Waals surface area contributed by atoms with Gasteiger partial charge in [0.15, 0.2) is 0 Å². The molecule has 3 heteroatoms. The Hall–Kier alpha value is -0.570. The van der Waals surface area contributed by atoms with Gasteiger partial charge in [-0.15, -0.1) is 0 Å². The number of nitrogens with one attached hydrogen (secondary N) is 1. The van der Waals surface area contributed by atoms with Crippen molar-refractivity contribution < 1.29 is 4.79 Å². The quantitative estimate of drug-likeness (QED) is 0.714. The van der Waals surface area contributed by atoms with Gasteiger partial charge in [-0.25, -0.2) is 0 Å². The highest BCUT2D eigenvalue weighted by Gasteiger charge is 2.38. The molecule has 2 saturated heterocycles. The summed E-state index contributed by atoms with van der Waals surface area (Å²) in [5.41, 5.74) is 0. The molecule has 0 aromatic rings. The Morgan fingerprint density at radius 1 is 1.36 bits per heavy atom. The summed E-state index contributed by atoms with van der Waals surface area (Å²) in [5.74, 6) is 0.823. The van der Waals surface area contributed by atoms with E-state index < -0.39 is 0 Å². The molecule has 2 rings (SSSR count). The first-order valence-electron chi connectivity index (χ1n) is 5.63. The van der Waals surface area contributed by atoms with Gasteiger partial charge in [0.2, 0.25) is 5.91 Å². The van der Waals surface area contributed by atoms with Crippen LogP contribution in [0.2, 0.25) is 0 Å². The molecule has 80 valence electrons. The highest BCUT2D eigenvalue weighted by atomic mass is 16.1. The van der Waals surface area contributed by atoms with Crippen LogP contribution in [0.3, 0.4) is 0 Å². The maximum Gasteiger partial charge on any atom is 0.216 e. The van der Waals surface area contributed by atoms with Gasteiger partial charge in [-0.05, 0) is 38.6 Å². The normalized spacial score (nSPS) is 37.1. The molecule has 1 N–H and O–H groups in total. The molecule has 0 aromatic heterocycles. The lowest BCUT2D eigenvalue weighted by Crippen LogP contribution is -2.43. The van der Waals surface area contributed by atoms with Crippen molar-refractivity contribution >= 4 is 5.91 Å². The van der Waals surface area contributed by atoms with Crippen LogP contribution in [0.5, 0.6) is 0 Å². The zero-order valence-corrected chi connectivity index (χ0v) is 9.12. The highest BCUT2D eigenvalue weighted by Crippen LogP contribution is 2.36. The Labute approximate surface area is 85.8 Å². The molecule has 1 amide bonds. The molecule has 0 saturated carbocycles. The Morgan fingerprint density at radius 2 is 1.93 bits per heavy atom. The predicted molar refractivity (Wildman–Crippen MR) is 56.0 cm³/mol. The van der Waals surface area contributed by atoms with Gasteiger partial charge >= 0.3 is 0 Å². The fourth-order valence-corrected chi connectivity index (χ4v) is 2.98. The molecule has 2 aliphatic heterocycles. The first-order chi connectivity index (χ1) is 6.66. The molecule has 2 aliphatic rings. The first-order valence-corrected chi connectivity index (χ1v) is 5.63. The van der Waals surface area contributed by atoms with E-state index in [4.69, 9.17) is 0 Å². The number of fused-ring (bicyclic) bond motifs is 2. The summed E-state index contributed by atoms with van der Waals surface area (Å²) in [7, 11) is 2.25. The van der Waals surface area contributed by atoms with Crippen molar-refractivity contribution in [2.75, 3.05) is 13.6 Å². The standard InChI is InChI=1S/C11H20N2O/c1-8(14)12-7-9-5-10-3-4-11(6-9)13(10)2/h9-11H,3-7H2,1-2H3,(H,12,14). The maximum atomic E-state index is 10.8. The topological polar surface area (TPSA) is 32.3 Å². The molecule has 2 heterocycles. The van der Waals surface area contributed by atoms with Crippen LogP contribution < -0.4 is 5.32 Å². The smallest absolute Gasteiger partial charge is 0.216 e. The van der Waals surface area contributed by atoms with Crippen LogP contribution in [0, 0.1) is 5.92 Å². The van der Waals surface area contributed by atoms with Gasteiger partial charge in [0.1, 0.15) is 0 Å². The lowest BCUT2D eigenvalue weighted by atomic mass is 9.91. The van der Waals surface area contributed by atoms with Gasteiger partial charge in [-0.3, -0.25) is 4.79 Å². The molecule has 0 spiro atoms. The van der Waals surface area contributed by atoms with Crippen LogP contribution in [0.15, 0.2) is 0 Å². The number of rotatable bonds is 2. The van der Waals surface area contributed by atoms with E-state index in [1.807, 2.05) is 0 Å². The monoisotopic (exact) mass is 196 g/mol. The summed E-state index contributed by atoms with van der Waals surface area (Å²) >= 11 is 0. The largest absolute Gasteiger partial charge is 0.356 e. The lowest BCUT2D eigenvalue weighted by Gasteiger charge is -2.36. The van der Waals surface area contributed by atoms with Crippen LogP contribution in [-0.4, -0.2) is 36.5 Å². The predicted octanol–water partition coefficient (Wildman–Crippen LogP) is 0.995. The number of amides is 1. The molecular weight excluding hydrogens is 176 g/mol. The Bertz CT molecular complexity index is 215. The lowest BCUT2D eigenvalue weighted by molar-refractivity contribution is -0.119. The number of carbonyl (C=O) groups excluding carboxylic acids is 1. The molecule has 2 fully saturated rings. The molecule has 2 bridgehead atoms. The number of piperidine rings is 1. The first kappa shape index (κ1) is 9.97. The second-order valence-corrected chi connectivity index (χ2v) is 4.82.